The minimum absolute atomic E-state index is 0.246. The van der Waals surface area contributed by atoms with Crippen LogP contribution in [0.5, 0.6) is 5.75 Å². The summed E-state index contributed by atoms with van der Waals surface area (Å²) in [6.45, 7) is -0.246. The first-order valence-electron chi connectivity index (χ1n) is 8.46. The van der Waals surface area contributed by atoms with Gasteiger partial charge in [0, 0.05) is 11.3 Å². The largest absolute Gasteiger partial charge is 0.484 e. The van der Waals surface area contributed by atoms with E-state index in [1.807, 2.05) is 0 Å². The fourth-order valence-electron chi connectivity index (χ4n) is 2.37. The molecule has 0 atom stereocenters. The lowest BCUT2D eigenvalue weighted by Gasteiger charge is -2.10. The molecule has 2 amide bonds. The van der Waals surface area contributed by atoms with Crippen molar-refractivity contribution in [3.63, 3.8) is 0 Å². The Labute approximate surface area is 176 Å². The van der Waals surface area contributed by atoms with E-state index in [4.69, 9.17) is 27.9 Å². The van der Waals surface area contributed by atoms with Gasteiger partial charge in [-0.3, -0.25) is 9.59 Å². The van der Waals surface area contributed by atoms with E-state index in [0.29, 0.717) is 27.7 Å². The predicted molar refractivity (Wildman–Crippen MR) is 111 cm³/mol. The summed E-state index contributed by atoms with van der Waals surface area (Å²) in [5.74, 6) is -0.731. The molecule has 0 saturated heterocycles. The van der Waals surface area contributed by atoms with Gasteiger partial charge in [-0.05, 0) is 60.7 Å². The third kappa shape index (κ3) is 5.70. The molecule has 0 fully saturated rings. The van der Waals surface area contributed by atoms with Crippen molar-refractivity contribution in [2.24, 2.45) is 0 Å². The zero-order chi connectivity index (χ0) is 20.8. The number of rotatable bonds is 6. The molecule has 3 aromatic carbocycles. The van der Waals surface area contributed by atoms with Crippen molar-refractivity contribution in [3.8, 4) is 5.75 Å². The first-order chi connectivity index (χ1) is 13.9. The molecule has 2 N–H and O–H groups in total. The third-order valence-electron chi connectivity index (χ3n) is 3.81. The Kier molecular flexibility index (Phi) is 6.69. The molecule has 0 aliphatic carbocycles. The van der Waals surface area contributed by atoms with Crippen molar-refractivity contribution in [2.45, 2.75) is 0 Å². The molecule has 0 unspecified atom stereocenters. The van der Waals surface area contributed by atoms with E-state index < -0.39 is 5.91 Å². The van der Waals surface area contributed by atoms with Crippen LogP contribution in [0.3, 0.4) is 0 Å². The van der Waals surface area contributed by atoms with Gasteiger partial charge in [0.1, 0.15) is 11.6 Å². The van der Waals surface area contributed by atoms with Crippen molar-refractivity contribution in [1.29, 1.82) is 0 Å². The minimum atomic E-state index is -0.410. The molecule has 0 aliphatic rings. The number of carbonyl (C=O) groups excluding carboxylic acids is 2. The number of amides is 2. The van der Waals surface area contributed by atoms with Crippen molar-refractivity contribution >= 4 is 46.4 Å². The van der Waals surface area contributed by atoms with Crippen LogP contribution in [0.4, 0.5) is 15.8 Å². The monoisotopic (exact) mass is 432 g/mol. The Balaban J connectivity index is 1.53. The van der Waals surface area contributed by atoms with Gasteiger partial charge in [-0.2, -0.15) is 0 Å². The second kappa shape index (κ2) is 9.41. The molecular weight excluding hydrogens is 418 g/mol. The van der Waals surface area contributed by atoms with Crippen molar-refractivity contribution < 1.29 is 18.7 Å². The third-order valence-corrected chi connectivity index (χ3v) is 4.63. The summed E-state index contributed by atoms with van der Waals surface area (Å²) in [4.78, 5) is 24.2. The number of ether oxygens (including phenoxy) is 1. The van der Waals surface area contributed by atoms with Crippen LogP contribution in [-0.4, -0.2) is 18.4 Å². The standard InChI is InChI=1S/C21H15Cl2FN2O3/c22-17-2-1-3-18(20(17)23)26-19(27)12-29-16-10-4-13(5-11-16)21(28)25-15-8-6-14(24)7-9-15/h1-11H,12H2,(H,25,28)(H,26,27). The van der Waals surface area contributed by atoms with Crippen LogP contribution in [0.25, 0.3) is 0 Å². The van der Waals surface area contributed by atoms with E-state index in [2.05, 4.69) is 10.6 Å². The van der Waals surface area contributed by atoms with E-state index >= 15 is 0 Å². The molecule has 29 heavy (non-hydrogen) atoms. The molecule has 3 aromatic rings. The number of carbonyl (C=O) groups is 2. The lowest BCUT2D eigenvalue weighted by atomic mass is 10.2. The Morgan fingerprint density at radius 2 is 1.59 bits per heavy atom. The number of anilines is 2. The smallest absolute Gasteiger partial charge is 0.262 e. The van der Waals surface area contributed by atoms with Crippen molar-refractivity contribution in [3.05, 3.63) is 88.2 Å². The predicted octanol–water partition coefficient (Wildman–Crippen LogP) is 5.40. The van der Waals surface area contributed by atoms with Crippen molar-refractivity contribution in [1.82, 2.24) is 0 Å². The fraction of sp³-hybridized carbons (Fsp3) is 0.0476. The van der Waals surface area contributed by atoms with Crippen LogP contribution in [-0.2, 0) is 4.79 Å². The maximum atomic E-state index is 12.9. The molecular formula is C21H15Cl2FN2O3. The van der Waals surface area contributed by atoms with E-state index in [-0.39, 0.29) is 23.4 Å². The van der Waals surface area contributed by atoms with Gasteiger partial charge in [-0.1, -0.05) is 29.3 Å². The molecule has 3 rings (SSSR count). The molecule has 0 aliphatic heterocycles. The highest BCUT2D eigenvalue weighted by Crippen LogP contribution is 2.29. The van der Waals surface area contributed by atoms with Gasteiger partial charge in [-0.15, -0.1) is 0 Å². The second-order valence-corrected chi connectivity index (χ2v) is 6.71. The van der Waals surface area contributed by atoms with Crippen LogP contribution >= 0.6 is 23.2 Å². The van der Waals surface area contributed by atoms with Gasteiger partial charge in [0.2, 0.25) is 0 Å². The fourth-order valence-corrected chi connectivity index (χ4v) is 2.72. The van der Waals surface area contributed by atoms with E-state index in [1.54, 1.807) is 42.5 Å². The summed E-state index contributed by atoms with van der Waals surface area (Å²) < 4.78 is 18.3. The molecule has 0 radical (unpaired) electrons. The highest BCUT2D eigenvalue weighted by molar-refractivity contribution is 6.44. The highest BCUT2D eigenvalue weighted by atomic mass is 35.5. The van der Waals surface area contributed by atoms with Crippen LogP contribution in [0.1, 0.15) is 10.4 Å². The zero-order valence-corrected chi connectivity index (χ0v) is 16.4. The van der Waals surface area contributed by atoms with Gasteiger partial charge < -0.3 is 15.4 Å². The van der Waals surface area contributed by atoms with Crippen LogP contribution in [0, 0.1) is 5.82 Å². The average Bonchev–Trinajstić information content (AvgIpc) is 2.72. The zero-order valence-electron chi connectivity index (χ0n) is 14.9. The number of hydrogen-bond acceptors (Lipinski definition) is 3. The van der Waals surface area contributed by atoms with Gasteiger partial charge in [-0.25, -0.2) is 4.39 Å². The summed E-state index contributed by atoms with van der Waals surface area (Å²) in [7, 11) is 0. The average molecular weight is 433 g/mol. The summed E-state index contributed by atoms with van der Waals surface area (Å²) >= 11 is 11.9. The SMILES string of the molecule is O=C(COc1ccc(C(=O)Nc2ccc(F)cc2)cc1)Nc1cccc(Cl)c1Cl. The Morgan fingerprint density at radius 3 is 2.28 bits per heavy atom. The number of nitrogens with one attached hydrogen (secondary N) is 2. The lowest BCUT2D eigenvalue weighted by molar-refractivity contribution is -0.118. The normalized spacial score (nSPS) is 10.3. The summed E-state index contributed by atoms with van der Waals surface area (Å²) in [5, 5.41) is 5.85. The van der Waals surface area contributed by atoms with E-state index in [0.717, 1.165) is 0 Å². The molecule has 8 heteroatoms. The lowest BCUT2D eigenvalue weighted by Crippen LogP contribution is -2.20. The molecule has 0 aromatic heterocycles. The molecule has 5 nitrogen and oxygen atoms in total. The minimum Gasteiger partial charge on any atom is -0.484 e. The van der Waals surface area contributed by atoms with Crippen LogP contribution in [0.2, 0.25) is 10.0 Å². The Morgan fingerprint density at radius 1 is 0.897 bits per heavy atom. The number of halogens is 3. The summed E-state index contributed by atoms with van der Waals surface area (Å²) in [6.07, 6.45) is 0. The maximum absolute atomic E-state index is 12.9. The highest BCUT2D eigenvalue weighted by Gasteiger charge is 2.10. The first-order valence-corrected chi connectivity index (χ1v) is 9.21. The maximum Gasteiger partial charge on any atom is 0.262 e. The van der Waals surface area contributed by atoms with Crippen molar-refractivity contribution in [2.75, 3.05) is 17.2 Å². The van der Waals surface area contributed by atoms with Gasteiger partial charge >= 0.3 is 0 Å². The van der Waals surface area contributed by atoms with Crippen LogP contribution < -0.4 is 15.4 Å². The second-order valence-electron chi connectivity index (χ2n) is 5.92. The number of benzene rings is 3. The Hall–Kier alpha value is -3.09. The summed E-state index contributed by atoms with van der Waals surface area (Å²) in [6, 6.07) is 16.6. The molecule has 0 bridgehead atoms. The van der Waals surface area contributed by atoms with Gasteiger partial charge in [0.25, 0.3) is 11.8 Å². The molecule has 0 spiro atoms. The van der Waals surface area contributed by atoms with E-state index in [1.165, 1.54) is 24.3 Å². The molecule has 148 valence electrons. The van der Waals surface area contributed by atoms with Gasteiger partial charge in [0.15, 0.2) is 6.61 Å². The molecule has 0 heterocycles. The molecule has 0 saturated carbocycles. The van der Waals surface area contributed by atoms with E-state index in [9.17, 15) is 14.0 Å². The number of hydrogen-bond donors (Lipinski definition) is 2. The Bertz CT molecular complexity index is 1030. The topological polar surface area (TPSA) is 67.4 Å². The summed E-state index contributed by atoms with van der Waals surface area (Å²) in [5.41, 5.74) is 1.26. The quantitative estimate of drug-likeness (QED) is 0.547. The van der Waals surface area contributed by atoms with Crippen LogP contribution in [0.15, 0.2) is 66.7 Å². The first kappa shape index (κ1) is 20.6. The van der Waals surface area contributed by atoms with Gasteiger partial charge in [0.05, 0.1) is 15.7 Å².